The smallest absolute Gasteiger partial charge is 0.226 e. The van der Waals surface area contributed by atoms with Crippen LogP contribution in [0.4, 0.5) is 0 Å². The van der Waals surface area contributed by atoms with Crippen LogP contribution < -0.4 is 5.73 Å². The molecule has 0 radical (unpaired) electrons. The van der Waals surface area contributed by atoms with Crippen molar-refractivity contribution in [3.63, 3.8) is 0 Å². The van der Waals surface area contributed by atoms with Crippen LogP contribution in [0, 0.1) is 11.8 Å². The highest BCUT2D eigenvalue weighted by molar-refractivity contribution is 5.81. The summed E-state index contributed by atoms with van der Waals surface area (Å²) < 4.78 is 0. The van der Waals surface area contributed by atoms with Crippen LogP contribution in [0.25, 0.3) is 0 Å². The van der Waals surface area contributed by atoms with Gasteiger partial charge in [0.1, 0.15) is 0 Å². The van der Waals surface area contributed by atoms with Gasteiger partial charge in [-0.15, -0.1) is 0 Å². The van der Waals surface area contributed by atoms with E-state index in [1.54, 1.807) is 0 Å². The maximum atomic E-state index is 12.0. The number of rotatable bonds is 3. The summed E-state index contributed by atoms with van der Waals surface area (Å²) in [6.07, 6.45) is 1.10. The van der Waals surface area contributed by atoms with Crippen LogP contribution in [0.5, 0.6) is 0 Å². The van der Waals surface area contributed by atoms with E-state index in [-0.39, 0.29) is 0 Å². The molecule has 1 aliphatic carbocycles. The first-order valence-corrected chi connectivity index (χ1v) is 6.36. The second-order valence-corrected chi connectivity index (χ2v) is 5.27. The van der Waals surface area contributed by atoms with Crippen molar-refractivity contribution in [2.24, 2.45) is 17.6 Å². The second kappa shape index (κ2) is 4.72. The molecule has 0 bridgehead atoms. The Balaban J connectivity index is 1.79. The quantitative estimate of drug-likeness (QED) is 0.743. The average molecular weight is 225 g/mol. The maximum Gasteiger partial charge on any atom is 0.226 e. The Kier molecular flexibility index (Phi) is 3.50. The Morgan fingerprint density at radius 2 is 1.94 bits per heavy atom. The third kappa shape index (κ3) is 2.38. The molecule has 1 saturated heterocycles. The molecule has 1 aliphatic heterocycles. The third-order valence-corrected chi connectivity index (χ3v) is 4.02. The molecule has 0 spiro atoms. The molecule has 1 heterocycles. The van der Waals surface area contributed by atoms with Gasteiger partial charge >= 0.3 is 0 Å². The van der Waals surface area contributed by atoms with Gasteiger partial charge in [-0.3, -0.25) is 9.69 Å². The number of hydrogen-bond acceptors (Lipinski definition) is 3. The summed E-state index contributed by atoms with van der Waals surface area (Å²) in [5, 5.41) is 0. The number of piperazine rings is 1. The van der Waals surface area contributed by atoms with Crippen molar-refractivity contribution in [3.05, 3.63) is 0 Å². The van der Waals surface area contributed by atoms with Crippen molar-refractivity contribution in [3.8, 4) is 0 Å². The molecule has 1 amide bonds. The zero-order valence-corrected chi connectivity index (χ0v) is 10.4. The topological polar surface area (TPSA) is 49.6 Å². The van der Waals surface area contributed by atoms with Crippen molar-refractivity contribution >= 4 is 5.91 Å². The molecule has 1 saturated carbocycles. The molecule has 4 heteroatoms. The van der Waals surface area contributed by atoms with Crippen LogP contribution >= 0.6 is 0 Å². The molecule has 3 unspecified atom stereocenters. The van der Waals surface area contributed by atoms with Crippen molar-refractivity contribution in [2.75, 3.05) is 32.7 Å². The van der Waals surface area contributed by atoms with Gasteiger partial charge < -0.3 is 10.6 Å². The summed E-state index contributed by atoms with van der Waals surface area (Å²) in [7, 11) is 0. The Labute approximate surface area is 97.8 Å². The molecular formula is C12H23N3O. The summed E-state index contributed by atoms with van der Waals surface area (Å²) in [6.45, 7) is 8.73. The molecule has 4 nitrogen and oxygen atoms in total. The summed E-state index contributed by atoms with van der Waals surface area (Å²) >= 11 is 0. The van der Waals surface area contributed by atoms with Crippen LogP contribution in [-0.4, -0.2) is 54.5 Å². The van der Waals surface area contributed by atoms with Gasteiger partial charge in [0.05, 0.1) is 0 Å². The summed E-state index contributed by atoms with van der Waals surface area (Å²) in [5.41, 5.74) is 5.65. The predicted molar refractivity (Wildman–Crippen MR) is 63.9 cm³/mol. The fourth-order valence-electron chi connectivity index (χ4n) is 2.43. The zero-order chi connectivity index (χ0) is 11.7. The first-order chi connectivity index (χ1) is 7.63. The molecule has 92 valence electrons. The molecule has 2 aliphatic rings. The average Bonchev–Trinajstić information content (AvgIpc) is 3.04. The van der Waals surface area contributed by atoms with Gasteiger partial charge in [-0.25, -0.2) is 0 Å². The minimum atomic E-state index is 0.332. The Hall–Kier alpha value is -0.610. The zero-order valence-electron chi connectivity index (χ0n) is 10.4. The highest BCUT2D eigenvalue weighted by atomic mass is 16.2. The van der Waals surface area contributed by atoms with E-state index < -0.39 is 0 Å². The summed E-state index contributed by atoms with van der Waals surface area (Å²) in [4.78, 5) is 16.4. The van der Waals surface area contributed by atoms with Crippen LogP contribution in [0.1, 0.15) is 20.3 Å². The molecule has 0 aromatic carbocycles. The van der Waals surface area contributed by atoms with E-state index in [2.05, 4.69) is 18.7 Å². The molecule has 2 rings (SSSR count). The van der Waals surface area contributed by atoms with Gasteiger partial charge in [0.15, 0.2) is 0 Å². The maximum absolute atomic E-state index is 12.0. The minimum absolute atomic E-state index is 0.332. The van der Waals surface area contributed by atoms with Crippen molar-refractivity contribution < 1.29 is 4.79 Å². The fourth-order valence-corrected chi connectivity index (χ4v) is 2.43. The van der Waals surface area contributed by atoms with Gasteiger partial charge in [0.2, 0.25) is 5.91 Å². The fraction of sp³-hybridized carbons (Fsp3) is 0.917. The van der Waals surface area contributed by atoms with Crippen molar-refractivity contribution in [1.82, 2.24) is 9.80 Å². The largest absolute Gasteiger partial charge is 0.340 e. The van der Waals surface area contributed by atoms with Gasteiger partial charge in [0, 0.05) is 44.7 Å². The van der Waals surface area contributed by atoms with Gasteiger partial charge in [-0.1, -0.05) is 6.92 Å². The number of carbonyl (C=O) groups excluding carboxylic acids is 1. The molecule has 0 aromatic heterocycles. The highest BCUT2D eigenvalue weighted by Gasteiger charge is 2.42. The number of hydrogen-bond donors (Lipinski definition) is 1. The van der Waals surface area contributed by atoms with E-state index in [9.17, 15) is 4.79 Å². The highest BCUT2D eigenvalue weighted by Crippen LogP contribution is 2.39. The lowest BCUT2D eigenvalue weighted by atomic mass is 10.2. The van der Waals surface area contributed by atoms with Gasteiger partial charge in [-0.2, -0.15) is 0 Å². The first-order valence-electron chi connectivity index (χ1n) is 6.36. The van der Waals surface area contributed by atoms with E-state index in [0.717, 1.165) is 32.6 Å². The number of nitrogens with two attached hydrogens (primary N) is 1. The lowest BCUT2D eigenvalue weighted by Gasteiger charge is -2.37. The molecule has 16 heavy (non-hydrogen) atoms. The monoisotopic (exact) mass is 225 g/mol. The normalized spacial score (nSPS) is 32.6. The van der Waals surface area contributed by atoms with Crippen LogP contribution in [-0.2, 0) is 4.79 Å². The lowest BCUT2D eigenvalue weighted by molar-refractivity contribution is -0.134. The van der Waals surface area contributed by atoms with Crippen LogP contribution in [0.2, 0.25) is 0 Å². The minimum Gasteiger partial charge on any atom is -0.340 e. The van der Waals surface area contributed by atoms with Crippen LogP contribution in [0.15, 0.2) is 0 Å². The van der Waals surface area contributed by atoms with E-state index in [1.165, 1.54) is 0 Å². The Bertz CT molecular complexity index is 261. The predicted octanol–water partition coefficient (Wildman–Crippen LogP) is 0.134. The van der Waals surface area contributed by atoms with E-state index in [1.807, 2.05) is 4.90 Å². The van der Waals surface area contributed by atoms with E-state index in [0.29, 0.717) is 30.3 Å². The standard InChI is InChI=1S/C12H23N3O/c1-9-7-11(9)12(16)15-5-3-14(4-6-15)10(2)8-13/h9-11H,3-8,13H2,1-2H3. The van der Waals surface area contributed by atoms with Gasteiger partial charge in [-0.05, 0) is 19.3 Å². The number of carbonyl (C=O) groups is 1. The van der Waals surface area contributed by atoms with Crippen molar-refractivity contribution in [1.29, 1.82) is 0 Å². The SMILES string of the molecule is CC1CC1C(=O)N1CCN(C(C)CN)CC1. The Morgan fingerprint density at radius 1 is 1.38 bits per heavy atom. The summed E-state index contributed by atoms with van der Waals surface area (Å²) in [5.74, 6) is 1.33. The summed E-state index contributed by atoms with van der Waals surface area (Å²) in [6, 6.07) is 0.442. The number of amides is 1. The molecule has 2 N–H and O–H groups in total. The van der Waals surface area contributed by atoms with E-state index >= 15 is 0 Å². The van der Waals surface area contributed by atoms with Gasteiger partial charge in [0.25, 0.3) is 0 Å². The first kappa shape index (κ1) is 11.9. The molecule has 2 fully saturated rings. The van der Waals surface area contributed by atoms with E-state index in [4.69, 9.17) is 5.73 Å². The Morgan fingerprint density at radius 3 is 2.38 bits per heavy atom. The van der Waals surface area contributed by atoms with Crippen LogP contribution in [0.3, 0.4) is 0 Å². The number of nitrogens with zero attached hydrogens (tertiary/aromatic N) is 2. The second-order valence-electron chi connectivity index (χ2n) is 5.27. The lowest BCUT2D eigenvalue weighted by Crippen LogP contribution is -2.53. The molecule has 3 atom stereocenters. The third-order valence-electron chi connectivity index (χ3n) is 4.02. The van der Waals surface area contributed by atoms with Crippen molar-refractivity contribution in [2.45, 2.75) is 26.3 Å². The molecule has 0 aromatic rings. The molecular weight excluding hydrogens is 202 g/mol.